The van der Waals surface area contributed by atoms with Gasteiger partial charge in [0.25, 0.3) is 0 Å². The van der Waals surface area contributed by atoms with Gasteiger partial charge in [-0.2, -0.15) is 0 Å². The summed E-state index contributed by atoms with van der Waals surface area (Å²) in [6.07, 6.45) is 4.21. The van der Waals surface area contributed by atoms with E-state index in [0.717, 1.165) is 17.5 Å². The number of nitrogens with zero attached hydrogens (tertiary/aromatic N) is 1. The van der Waals surface area contributed by atoms with Crippen LogP contribution in [-0.4, -0.2) is 39.8 Å². The summed E-state index contributed by atoms with van der Waals surface area (Å²) < 4.78 is 39.2. The summed E-state index contributed by atoms with van der Waals surface area (Å²) in [4.78, 5) is 4.16. The van der Waals surface area contributed by atoms with E-state index in [4.69, 9.17) is 9.47 Å². The Hall–Kier alpha value is -1.96. The van der Waals surface area contributed by atoms with Crippen LogP contribution in [0, 0.1) is 12.8 Å². The van der Waals surface area contributed by atoms with Crippen LogP contribution in [0.2, 0.25) is 0 Å². The first-order valence-electron chi connectivity index (χ1n) is 8.13. The highest BCUT2D eigenvalue weighted by Gasteiger charge is 2.33. The van der Waals surface area contributed by atoms with E-state index in [2.05, 4.69) is 9.71 Å². The average molecular weight is 362 g/mol. The number of ether oxygens (including phenoxy) is 2. The van der Waals surface area contributed by atoms with Crippen LogP contribution < -0.4 is 9.46 Å². The van der Waals surface area contributed by atoms with Crippen molar-refractivity contribution in [2.24, 2.45) is 5.92 Å². The average Bonchev–Trinajstić information content (AvgIpc) is 3.01. The molecule has 1 saturated heterocycles. The third kappa shape index (κ3) is 4.18. The van der Waals surface area contributed by atoms with Crippen molar-refractivity contribution in [3.8, 4) is 5.75 Å². The molecule has 6 nitrogen and oxygen atoms in total. The van der Waals surface area contributed by atoms with Crippen LogP contribution in [0.3, 0.4) is 0 Å². The molecule has 0 spiro atoms. The number of methoxy groups -OCH3 is 1. The fraction of sp³-hybridized carbons (Fsp3) is 0.389. The second-order valence-corrected chi connectivity index (χ2v) is 7.92. The van der Waals surface area contributed by atoms with Gasteiger partial charge in [-0.3, -0.25) is 4.98 Å². The van der Waals surface area contributed by atoms with E-state index in [9.17, 15) is 8.42 Å². The van der Waals surface area contributed by atoms with Crippen molar-refractivity contribution in [3.63, 3.8) is 0 Å². The van der Waals surface area contributed by atoms with Gasteiger partial charge in [-0.1, -0.05) is 6.07 Å². The van der Waals surface area contributed by atoms with Gasteiger partial charge < -0.3 is 9.47 Å². The van der Waals surface area contributed by atoms with E-state index in [1.807, 2.05) is 19.1 Å². The van der Waals surface area contributed by atoms with Crippen molar-refractivity contribution in [2.45, 2.75) is 24.3 Å². The number of pyridine rings is 1. The van der Waals surface area contributed by atoms with E-state index in [1.54, 1.807) is 30.6 Å². The number of hydrogen-bond donors (Lipinski definition) is 1. The standard InChI is InChI=1S/C18H22N2O4S/c1-13-3-4-18(17(9-13)23-2)25(21,22)20-16-12-24-11-15(16)10-14-5-7-19-8-6-14/h3-9,15-16,20H,10-12H2,1-2H3/t15-,16+/m1/s1. The van der Waals surface area contributed by atoms with Crippen LogP contribution in [0.1, 0.15) is 11.1 Å². The molecule has 1 aliphatic rings. The van der Waals surface area contributed by atoms with Gasteiger partial charge in [0, 0.05) is 18.3 Å². The molecule has 3 rings (SSSR count). The summed E-state index contributed by atoms with van der Waals surface area (Å²) in [5, 5.41) is 0. The first kappa shape index (κ1) is 17.8. The lowest BCUT2D eigenvalue weighted by molar-refractivity contribution is 0.183. The lowest BCUT2D eigenvalue weighted by Gasteiger charge is -2.20. The number of aromatic nitrogens is 1. The van der Waals surface area contributed by atoms with Gasteiger partial charge in [-0.05, 0) is 48.7 Å². The predicted octanol–water partition coefficient (Wildman–Crippen LogP) is 1.93. The summed E-state index contributed by atoms with van der Waals surface area (Å²) in [5.41, 5.74) is 2.05. The molecule has 134 valence electrons. The van der Waals surface area contributed by atoms with Crippen molar-refractivity contribution in [1.82, 2.24) is 9.71 Å². The van der Waals surface area contributed by atoms with Crippen molar-refractivity contribution in [2.75, 3.05) is 20.3 Å². The smallest absolute Gasteiger partial charge is 0.244 e. The van der Waals surface area contributed by atoms with Crippen molar-refractivity contribution < 1.29 is 17.9 Å². The van der Waals surface area contributed by atoms with E-state index in [0.29, 0.717) is 19.0 Å². The summed E-state index contributed by atoms with van der Waals surface area (Å²) in [6.45, 7) is 2.78. The van der Waals surface area contributed by atoms with Crippen LogP contribution in [0.15, 0.2) is 47.6 Å². The van der Waals surface area contributed by atoms with Gasteiger partial charge in [-0.15, -0.1) is 0 Å². The molecule has 1 N–H and O–H groups in total. The number of aryl methyl sites for hydroxylation is 1. The van der Waals surface area contributed by atoms with Crippen LogP contribution in [0.4, 0.5) is 0 Å². The summed E-state index contributed by atoms with van der Waals surface area (Å²) in [6, 6.07) is 8.65. The van der Waals surface area contributed by atoms with Crippen molar-refractivity contribution in [3.05, 3.63) is 53.9 Å². The predicted molar refractivity (Wildman–Crippen MR) is 94.1 cm³/mol. The molecule has 2 aromatic rings. The number of rotatable bonds is 6. The first-order valence-corrected chi connectivity index (χ1v) is 9.61. The zero-order chi connectivity index (χ0) is 17.9. The first-order chi connectivity index (χ1) is 12.0. The molecule has 0 unspecified atom stereocenters. The number of nitrogens with one attached hydrogen (secondary N) is 1. The minimum absolute atomic E-state index is 0.0774. The fourth-order valence-corrected chi connectivity index (χ4v) is 4.45. The second-order valence-electron chi connectivity index (χ2n) is 6.24. The van der Waals surface area contributed by atoms with E-state index >= 15 is 0 Å². The fourth-order valence-electron chi connectivity index (χ4n) is 3.01. The number of hydrogen-bond acceptors (Lipinski definition) is 5. The minimum atomic E-state index is -3.70. The Morgan fingerprint density at radius 1 is 1.24 bits per heavy atom. The highest BCUT2D eigenvalue weighted by Crippen LogP contribution is 2.27. The molecule has 7 heteroatoms. The third-order valence-electron chi connectivity index (χ3n) is 4.36. The van der Waals surface area contributed by atoms with Gasteiger partial charge in [-0.25, -0.2) is 13.1 Å². The highest BCUT2D eigenvalue weighted by atomic mass is 32.2. The maximum Gasteiger partial charge on any atom is 0.244 e. The minimum Gasteiger partial charge on any atom is -0.495 e. The molecule has 2 atom stereocenters. The largest absolute Gasteiger partial charge is 0.495 e. The van der Waals surface area contributed by atoms with Gasteiger partial charge in [0.05, 0.1) is 26.4 Å². The van der Waals surface area contributed by atoms with Gasteiger partial charge >= 0.3 is 0 Å². The lowest BCUT2D eigenvalue weighted by atomic mass is 9.96. The van der Waals surface area contributed by atoms with Gasteiger partial charge in [0.2, 0.25) is 10.0 Å². The molecule has 2 heterocycles. The molecule has 0 bridgehead atoms. The highest BCUT2D eigenvalue weighted by molar-refractivity contribution is 7.89. The van der Waals surface area contributed by atoms with Gasteiger partial charge in [0.15, 0.2) is 0 Å². The van der Waals surface area contributed by atoms with Crippen LogP contribution in [0.25, 0.3) is 0 Å². The Labute approximate surface area is 148 Å². The maximum absolute atomic E-state index is 12.8. The van der Waals surface area contributed by atoms with Crippen LogP contribution in [0.5, 0.6) is 5.75 Å². The molecule has 0 aliphatic carbocycles. The lowest BCUT2D eigenvalue weighted by Crippen LogP contribution is -2.40. The van der Waals surface area contributed by atoms with Gasteiger partial charge in [0.1, 0.15) is 10.6 Å². The topological polar surface area (TPSA) is 77.5 Å². The molecule has 1 aromatic carbocycles. The molecule has 25 heavy (non-hydrogen) atoms. The number of sulfonamides is 1. The zero-order valence-corrected chi connectivity index (χ0v) is 15.1. The Balaban J connectivity index is 1.78. The molecule has 1 aromatic heterocycles. The van der Waals surface area contributed by atoms with Crippen molar-refractivity contribution >= 4 is 10.0 Å². The Kier molecular flexibility index (Phi) is 5.36. The van der Waals surface area contributed by atoms with E-state index < -0.39 is 10.0 Å². The van der Waals surface area contributed by atoms with Crippen LogP contribution in [-0.2, 0) is 21.2 Å². The number of benzene rings is 1. The third-order valence-corrected chi connectivity index (χ3v) is 5.89. The van der Waals surface area contributed by atoms with E-state index in [-0.39, 0.29) is 16.9 Å². The molecule has 1 fully saturated rings. The summed E-state index contributed by atoms with van der Waals surface area (Å²) in [5.74, 6) is 0.422. The molecule has 1 aliphatic heterocycles. The Bertz CT molecular complexity index is 824. The maximum atomic E-state index is 12.8. The summed E-state index contributed by atoms with van der Waals surface area (Å²) in [7, 11) is -2.22. The SMILES string of the molecule is COc1cc(C)ccc1S(=O)(=O)N[C@H]1COC[C@H]1Cc1ccncc1. The zero-order valence-electron chi connectivity index (χ0n) is 14.3. The second kappa shape index (κ2) is 7.51. The molecular weight excluding hydrogens is 340 g/mol. The van der Waals surface area contributed by atoms with E-state index in [1.165, 1.54) is 7.11 Å². The summed E-state index contributed by atoms with van der Waals surface area (Å²) >= 11 is 0. The van der Waals surface area contributed by atoms with Crippen molar-refractivity contribution in [1.29, 1.82) is 0 Å². The van der Waals surface area contributed by atoms with Crippen LogP contribution >= 0.6 is 0 Å². The molecule has 0 amide bonds. The molecule has 0 saturated carbocycles. The quantitative estimate of drug-likeness (QED) is 0.850. The normalized spacial score (nSPS) is 20.6. The Morgan fingerprint density at radius 3 is 2.72 bits per heavy atom. The molecule has 0 radical (unpaired) electrons. The monoisotopic (exact) mass is 362 g/mol. The molecular formula is C18H22N2O4S. The Morgan fingerprint density at radius 2 is 2.00 bits per heavy atom.